The summed E-state index contributed by atoms with van der Waals surface area (Å²) in [4.78, 5) is 27.2. The van der Waals surface area contributed by atoms with Crippen LogP contribution in [0.25, 0.3) is 6.08 Å². The Morgan fingerprint density at radius 2 is 1.27 bits per heavy atom. The zero-order valence-corrected chi connectivity index (χ0v) is 20.4. The van der Waals surface area contributed by atoms with E-state index in [0.717, 1.165) is 11.1 Å². The lowest BCUT2D eigenvalue weighted by molar-refractivity contribution is -0.122. The highest BCUT2D eigenvalue weighted by atomic mass is 32.1. The lowest BCUT2D eigenvalue weighted by Gasteiger charge is -2.29. The van der Waals surface area contributed by atoms with Gasteiger partial charge in [-0.1, -0.05) is 60.4 Å². The van der Waals surface area contributed by atoms with Gasteiger partial charge in [-0.25, -0.2) is 0 Å². The highest BCUT2D eigenvalue weighted by Gasteiger charge is 2.34. The van der Waals surface area contributed by atoms with Crippen molar-refractivity contribution in [2.45, 2.75) is 0 Å². The maximum atomic E-state index is 13.3. The number of anilines is 1. The number of carbonyl (C=O) groups excluding carboxylic acids is 2. The van der Waals surface area contributed by atoms with E-state index < -0.39 is 11.8 Å². The van der Waals surface area contributed by atoms with Gasteiger partial charge in [0.1, 0.15) is 17.1 Å². The molecule has 0 bridgehead atoms. The van der Waals surface area contributed by atoms with Crippen molar-refractivity contribution in [3.63, 3.8) is 0 Å². The van der Waals surface area contributed by atoms with Crippen LogP contribution in [0.1, 0.15) is 16.7 Å². The van der Waals surface area contributed by atoms with Crippen molar-refractivity contribution in [3.8, 4) is 23.3 Å². The molecule has 1 N–H and O–H groups in total. The summed E-state index contributed by atoms with van der Waals surface area (Å²) >= 11 is 5.30. The lowest BCUT2D eigenvalue weighted by Crippen LogP contribution is -2.54. The molecule has 37 heavy (non-hydrogen) atoms. The van der Waals surface area contributed by atoms with Crippen LogP contribution in [0.3, 0.4) is 0 Å². The van der Waals surface area contributed by atoms with Crippen molar-refractivity contribution in [3.05, 3.63) is 131 Å². The number of para-hydroxylation sites is 1. The fraction of sp³-hybridized carbons (Fsp3) is 0. The number of rotatable bonds is 4. The number of amides is 2. The summed E-state index contributed by atoms with van der Waals surface area (Å²) < 4.78 is 5.82. The molecule has 1 aliphatic rings. The van der Waals surface area contributed by atoms with E-state index in [1.54, 1.807) is 30.3 Å². The fourth-order valence-electron chi connectivity index (χ4n) is 3.67. The molecule has 0 unspecified atom stereocenters. The van der Waals surface area contributed by atoms with Gasteiger partial charge in [-0.15, -0.1) is 0 Å². The Morgan fingerprint density at radius 1 is 0.703 bits per heavy atom. The van der Waals surface area contributed by atoms with Gasteiger partial charge in [0.2, 0.25) is 0 Å². The van der Waals surface area contributed by atoms with Crippen molar-refractivity contribution in [1.29, 1.82) is 0 Å². The van der Waals surface area contributed by atoms with Crippen molar-refractivity contribution >= 4 is 40.9 Å². The van der Waals surface area contributed by atoms with E-state index >= 15 is 0 Å². The van der Waals surface area contributed by atoms with Gasteiger partial charge in [-0.2, -0.15) is 0 Å². The van der Waals surface area contributed by atoms with Gasteiger partial charge >= 0.3 is 0 Å². The normalized spacial score (nSPS) is 14.1. The first-order valence-corrected chi connectivity index (χ1v) is 11.9. The number of thiocarbonyl (C=S) groups is 1. The molecule has 4 aromatic carbocycles. The van der Waals surface area contributed by atoms with Crippen LogP contribution >= 0.6 is 12.2 Å². The first-order valence-electron chi connectivity index (χ1n) is 11.5. The van der Waals surface area contributed by atoms with Crippen LogP contribution in [-0.4, -0.2) is 16.9 Å². The topological polar surface area (TPSA) is 58.6 Å². The number of nitrogens with one attached hydrogen (secondary N) is 1. The van der Waals surface area contributed by atoms with Gasteiger partial charge in [0, 0.05) is 11.1 Å². The standard InChI is InChI=1S/C31H20N2O3S/c34-29-28(21-24-15-13-23(14-16-24)12-11-22-7-3-1-4-8-22)30(35)33(31(37)32-29)25-17-19-27(20-18-25)36-26-9-5-2-6-10-26/h1-10,13-21H,(H,32,34,37). The van der Waals surface area contributed by atoms with Crippen LogP contribution in [0.5, 0.6) is 11.5 Å². The van der Waals surface area contributed by atoms with E-state index in [1.165, 1.54) is 4.90 Å². The van der Waals surface area contributed by atoms with Crippen LogP contribution in [0.2, 0.25) is 0 Å². The average molecular weight is 501 g/mol. The first kappa shape index (κ1) is 23.7. The molecule has 6 heteroatoms. The molecule has 1 aliphatic heterocycles. The van der Waals surface area contributed by atoms with Gasteiger partial charge < -0.3 is 4.74 Å². The third-order valence-electron chi connectivity index (χ3n) is 5.52. The smallest absolute Gasteiger partial charge is 0.270 e. The molecule has 0 aromatic heterocycles. The molecule has 0 atom stereocenters. The van der Waals surface area contributed by atoms with E-state index in [2.05, 4.69) is 17.2 Å². The largest absolute Gasteiger partial charge is 0.457 e. The molecule has 5 rings (SSSR count). The Kier molecular flexibility index (Phi) is 6.89. The first-order chi connectivity index (χ1) is 18.1. The Labute approximate surface area is 220 Å². The molecular formula is C31H20N2O3S. The second kappa shape index (κ2) is 10.7. The Balaban J connectivity index is 1.34. The fourth-order valence-corrected chi connectivity index (χ4v) is 3.96. The number of ether oxygens (including phenoxy) is 1. The van der Waals surface area contributed by atoms with Gasteiger partial charge in [0.05, 0.1) is 5.69 Å². The molecular weight excluding hydrogens is 480 g/mol. The van der Waals surface area contributed by atoms with Crippen molar-refractivity contribution in [2.24, 2.45) is 0 Å². The number of benzene rings is 4. The van der Waals surface area contributed by atoms with Crippen molar-refractivity contribution in [1.82, 2.24) is 5.32 Å². The van der Waals surface area contributed by atoms with Gasteiger partial charge in [-0.05, 0) is 84.5 Å². The van der Waals surface area contributed by atoms with Crippen LogP contribution in [0.4, 0.5) is 5.69 Å². The van der Waals surface area contributed by atoms with E-state index in [1.807, 2.05) is 84.9 Å². The molecule has 0 aliphatic carbocycles. The minimum absolute atomic E-state index is 0.0127. The maximum absolute atomic E-state index is 13.3. The number of hydrogen-bond acceptors (Lipinski definition) is 4. The molecule has 5 nitrogen and oxygen atoms in total. The van der Waals surface area contributed by atoms with Crippen LogP contribution < -0.4 is 15.0 Å². The van der Waals surface area contributed by atoms with Gasteiger partial charge in [0.25, 0.3) is 11.8 Å². The Bertz CT molecular complexity index is 1550. The monoisotopic (exact) mass is 500 g/mol. The predicted octanol–water partition coefficient (Wildman–Crippen LogP) is 5.71. The molecule has 178 valence electrons. The summed E-state index contributed by atoms with van der Waals surface area (Å²) in [6, 6.07) is 33.3. The van der Waals surface area contributed by atoms with Gasteiger partial charge in [0.15, 0.2) is 5.11 Å². The Hall–Kier alpha value is -4.99. The molecule has 2 amide bonds. The number of carbonyl (C=O) groups is 2. The Morgan fingerprint density at radius 3 is 1.92 bits per heavy atom. The van der Waals surface area contributed by atoms with Crippen LogP contribution in [0.15, 0.2) is 115 Å². The minimum atomic E-state index is -0.539. The second-order valence-electron chi connectivity index (χ2n) is 8.10. The number of nitrogens with zero attached hydrogens (tertiary/aromatic N) is 1. The molecule has 1 fully saturated rings. The lowest BCUT2D eigenvalue weighted by atomic mass is 10.1. The van der Waals surface area contributed by atoms with Gasteiger partial charge in [-0.3, -0.25) is 19.8 Å². The zero-order chi connectivity index (χ0) is 25.6. The molecule has 1 saturated heterocycles. The van der Waals surface area contributed by atoms with E-state index in [-0.39, 0.29) is 10.7 Å². The SMILES string of the molecule is O=C1NC(=S)N(c2ccc(Oc3ccccc3)cc2)C(=O)C1=Cc1ccc(C#Cc2ccccc2)cc1. The molecule has 1 heterocycles. The summed E-state index contributed by atoms with van der Waals surface area (Å²) in [6.07, 6.45) is 1.55. The summed E-state index contributed by atoms with van der Waals surface area (Å²) in [5, 5.41) is 2.63. The molecule has 0 radical (unpaired) electrons. The average Bonchev–Trinajstić information content (AvgIpc) is 2.92. The summed E-state index contributed by atoms with van der Waals surface area (Å²) in [5.41, 5.74) is 2.96. The second-order valence-corrected chi connectivity index (χ2v) is 8.49. The van der Waals surface area contributed by atoms with Crippen molar-refractivity contribution in [2.75, 3.05) is 4.90 Å². The highest BCUT2D eigenvalue weighted by Crippen LogP contribution is 2.27. The third kappa shape index (κ3) is 5.64. The summed E-state index contributed by atoms with van der Waals surface area (Å²) in [6.45, 7) is 0. The van der Waals surface area contributed by atoms with Crippen LogP contribution in [0, 0.1) is 11.8 Å². The maximum Gasteiger partial charge on any atom is 0.270 e. The van der Waals surface area contributed by atoms with E-state index in [0.29, 0.717) is 22.7 Å². The van der Waals surface area contributed by atoms with Crippen LogP contribution in [-0.2, 0) is 9.59 Å². The summed E-state index contributed by atoms with van der Waals surface area (Å²) in [7, 11) is 0. The van der Waals surface area contributed by atoms with Crippen molar-refractivity contribution < 1.29 is 14.3 Å². The predicted molar refractivity (Wildman–Crippen MR) is 148 cm³/mol. The molecule has 0 spiro atoms. The highest BCUT2D eigenvalue weighted by molar-refractivity contribution is 7.80. The quantitative estimate of drug-likeness (QED) is 0.169. The number of hydrogen-bond donors (Lipinski definition) is 1. The molecule has 0 saturated carbocycles. The summed E-state index contributed by atoms with van der Waals surface area (Å²) in [5.74, 6) is 6.49. The minimum Gasteiger partial charge on any atom is -0.457 e. The van der Waals surface area contributed by atoms with E-state index in [9.17, 15) is 9.59 Å². The molecule has 4 aromatic rings. The zero-order valence-electron chi connectivity index (χ0n) is 19.5. The van der Waals surface area contributed by atoms with E-state index in [4.69, 9.17) is 17.0 Å². The third-order valence-corrected chi connectivity index (χ3v) is 5.81.